The van der Waals surface area contributed by atoms with Gasteiger partial charge >= 0.3 is 0 Å². The van der Waals surface area contributed by atoms with Crippen molar-refractivity contribution in [3.8, 4) is 22.3 Å². The number of aromatic nitrogens is 3. The van der Waals surface area contributed by atoms with Gasteiger partial charge in [-0.3, -0.25) is 0 Å². The number of benzene rings is 5. The smallest absolute Gasteiger partial charge is 0.132 e. The Kier molecular flexibility index (Phi) is 12.8. The molecule has 3 nitrogen and oxygen atoms in total. The van der Waals surface area contributed by atoms with Gasteiger partial charge in [0.2, 0.25) is 0 Å². The molecule has 1 heterocycles. The number of fused-ring (bicyclic) bond motifs is 8. The van der Waals surface area contributed by atoms with Crippen LogP contribution >= 0.6 is 0 Å². The molecule has 0 bridgehead atoms. The molecule has 0 radical (unpaired) electrons. The van der Waals surface area contributed by atoms with Gasteiger partial charge in [0.1, 0.15) is 17.5 Å². The van der Waals surface area contributed by atoms with Gasteiger partial charge in [-0.15, -0.1) is 0 Å². The highest BCUT2D eigenvalue weighted by atomic mass is 15.0. The molecule has 46 heavy (non-hydrogen) atoms. The lowest BCUT2D eigenvalue weighted by atomic mass is 9.99. The summed E-state index contributed by atoms with van der Waals surface area (Å²) in [5, 5.41) is 2.75. The molecule has 0 unspecified atom stereocenters. The lowest BCUT2D eigenvalue weighted by Crippen LogP contribution is -2.05. The summed E-state index contributed by atoms with van der Waals surface area (Å²) >= 11 is 0. The summed E-state index contributed by atoms with van der Waals surface area (Å²) in [7, 11) is 0. The van der Waals surface area contributed by atoms with Crippen molar-refractivity contribution in [3.05, 3.63) is 149 Å². The molecule has 0 amide bonds. The fraction of sp³-hybridized carbons (Fsp3) is 0.279. The molecule has 0 saturated heterocycles. The van der Waals surface area contributed by atoms with Crippen LogP contribution in [0.1, 0.15) is 88.2 Å². The van der Waals surface area contributed by atoms with E-state index in [1.807, 2.05) is 27.7 Å². The largest absolute Gasteiger partial charge is 0.218 e. The van der Waals surface area contributed by atoms with Gasteiger partial charge < -0.3 is 0 Å². The molecule has 8 rings (SSSR count). The molecular formula is C43H49N3. The van der Waals surface area contributed by atoms with E-state index in [0.717, 1.165) is 49.6 Å². The van der Waals surface area contributed by atoms with Gasteiger partial charge in [0.25, 0.3) is 0 Å². The third-order valence-electron chi connectivity index (χ3n) is 8.14. The average molecular weight is 608 g/mol. The van der Waals surface area contributed by atoms with E-state index in [9.17, 15) is 0 Å². The third-order valence-corrected chi connectivity index (χ3v) is 8.14. The van der Waals surface area contributed by atoms with Crippen LogP contribution in [0.2, 0.25) is 0 Å². The topological polar surface area (TPSA) is 38.7 Å². The van der Waals surface area contributed by atoms with Crippen molar-refractivity contribution in [2.24, 2.45) is 0 Å². The average Bonchev–Trinajstić information content (AvgIpc) is 3.72. The van der Waals surface area contributed by atoms with Gasteiger partial charge in [-0.2, -0.15) is 0 Å². The number of rotatable bonds is 3. The Morgan fingerprint density at radius 1 is 0.413 bits per heavy atom. The highest BCUT2D eigenvalue weighted by Gasteiger charge is 2.19. The number of aryl methyl sites for hydroxylation is 3. The van der Waals surface area contributed by atoms with Crippen molar-refractivity contribution in [3.63, 3.8) is 0 Å². The Morgan fingerprint density at radius 3 is 1.28 bits per heavy atom. The highest BCUT2D eigenvalue weighted by Crippen LogP contribution is 2.40. The molecule has 2 aliphatic rings. The maximum absolute atomic E-state index is 4.30. The Bertz CT molecular complexity index is 1750. The van der Waals surface area contributed by atoms with Crippen LogP contribution in [0.15, 0.2) is 109 Å². The van der Waals surface area contributed by atoms with Crippen molar-refractivity contribution in [1.82, 2.24) is 15.0 Å². The first-order valence-electron chi connectivity index (χ1n) is 17.2. The zero-order chi connectivity index (χ0) is 32.9. The standard InChI is InChI=1S/C17H12.C13H10.C9H15N3.2C2H6/c1-3-7-14-12(5-1)9-10-16-15-8-4-2-6-13(15)11-17(14)16;1-3-7-12-10(5-1)9-11-6-2-4-8-13(11)12;1-4-7-10-8(5-2)12-9(6-3)11-7;2*1-2/h1-10H,11H2;1-8H,9H2;4-6H2,1-3H3;2*1-2H3. The summed E-state index contributed by atoms with van der Waals surface area (Å²) in [5.74, 6) is 2.75. The van der Waals surface area contributed by atoms with Crippen LogP contribution in [-0.2, 0) is 32.1 Å². The zero-order valence-corrected chi connectivity index (χ0v) is 28.8. The molecule has 1 aromatic heterocycles. The summed E-state index contributed by atoms with van der Waals surface area (Å²) in [5.41, 5.74) is 11.5. The molecule has 0 atom stereocenters. The van der Waals surface area contributed by atoms with E-state index >= 15 is 0 Å². The summed E-state index contributed by atoms with van der Waals surface area (Å²) in [6.45, 7) is 14.2. The summed E-state index contributed by atoms with van der Waals surface area (Å²) in [6.07, 6.45) is 4.85. The normalized spacial score (nSPS) is 11.0. The molecule has 0 aliphatic heterocycles. The first-order chi connectivity index (χ1) is 22.7. The summed E-state index contributed by atoms with van der Waals surface area (Å²) in [6, 6.07) is 39.2. The van der Waals surface area contributed by atoms with Gasteiger partial charge in [-0.25, -0.2) is 15.0 Å². The number of hydrogen-bond acceptors (Lipinski definition) is 3. The van der Waals surface area contributed by atoms with Gasteiger partial charge in [-0.1, -0.05) is 158 Å². The van der Waals surface area contributed by atoms with E-state index in [0.29, 0.717) is 0 Å². The van der Waals surface area contributed by atoms with Crippen LogP contribution in [0.5, 0.6) is 0 Å². The maximum atomic E-state index is 4.30. The molecular weight excluding hydrogens is 558 g/mol. The third kappa shape index (κ3) is 7.77. The monoisotopic (exact) mass is 607 g/mol. The van der Waals surface area contributed by atoms with Crippen LogP contribution < -0.4 is 0 Å². The first kappa shape index (κ1) is 34.2. The van der Waals surface area contributed by atoms with Crippen molar-refractivity contribution in [2.75, 3.05) is 0 Å². The Balaban J connectivity index is 0.000000151. The zero-order valence-electron chi connectivity index (χ0n) is 28.8. The molecule has 0 saturated carbocycles. The van der Waals surface area contributed by atoms with Gasteiger partial charge in [-0.05, 0) is 68.1 Å². The fourth-order valence-corrected chi connectivity index (χ4v) is 5.98. The van der Waals surface area contributed by atoms with E-state index in [4.69, 9.17) is 0 Å². The van der Waals surface area contributed by atoms with Crippen LogP contribution in [0.25, 0.3) is 33.0 Å². The summed E-state index contributed by atoms with van der Waals surface area (Å²) < 4.78 is 0. The predicted octanol–water partition coefficient (Wildman–Crippen LogP) is 11.3. The van der Waals surface area contributed by atoms with E-state index in [2.05, 4.69) is 145 Å². The van der Waals surface area contributed by atoms with Crippen LogP contribution in [0.4, 0.5) is 0 Å². The number of nitrogens with zero attached hydrogens (tertiary/aromatic N) is 3. The van der Waals surface area contributed by atoms with Gasteiger partial charge in [0, 0.05) is 19.3 Å². The molecule has 236 valence electrons. The Hall–Kier alpha value is -4.63. The fourth-order valence-electron chi connectivity index (χ4n) is 5.98. The molecule has 3 heteroatoms. The number of hydrogen-bond donors (Lipinski definition) is 0. The second-order valence-corrected chi connectivity index (χ2v) is 10.8. The van der Waals surface area contributed by atoms with Crippen LogP contribution in [0, 0.1) is 0 Å². The van der Waals surface area contributed by atoms with E-state index in [-0.39, 0.29) is 0 Å². The Labute approximate surface area is 276 Å². The van der Waals surface area contributed by atoms with Crippen LogP contribution in [-0.4, -0.2) is 15.0 Å². The van der Waals surface area contributed by atoms with Crippen molar-refractivity contribution in [2.45, 2.75) is 80.6 Å². The maximum Gasteiger partial charge on any atom is 0.132 e. The van der Waals surface area contributed by atoms with Crippen molar-refractivity contribution < 1.29 is 0 Å². The summed E-state index contributed by atoms with van der Waals surface area (Å²) in [4.78, 5) is 12.9. The lowest BCUT2D eigenvalue weighted by molar-refractivity contribution is 0.772. The van der Waals surface area contributed by atoms with E-state index < -0.39 is 0 Å². The second kappa shape index (κ2) is 17.2. The minimum Gasteiger partial charge on any atom is -0.218 e. The van der Waals surface area contributed by atoms with Crippen LogP contribution in [0.3, 0.4) is 0 Å². The van der Waals surface area contributed by atoms with Crippen molar-refractivity contribution >= 4 is 10.8 Å². The lowest BCUT2D eigenvalue weighted by Gasteiger charge is -2.05. The Morgan fingerprint density at radius 2 is 0.804 bits per heavy atom. The molecule has 0 fully saturated rings. The van der Waals surface area contributed by atoms with Crippen molar-refractivity contribution in [1.29, 1.82) is 0 Å². The first-order valence-corrected chi connectivity index (χ1v) is 17.2. The molecule has 5 aromatic carbocycles. The molecule has 0 spiro atoms. The SMILES string of the molecule is CC.CC.CCc1nc(CC)nc(CC)n1.c1ccc2c(c1)Cc1c-2ccc2ccccc12.c1ccc2c(c1)Cc1ccccc1-2. The van der Waals surface area contributed by atoms with Gasteiger partial charge in [0.05, 0.1) is 0 Å². The van der Waals surface area contributed by atoms with Gasteiger partial charge in [0.15, 0.2) is 0 Å². The minimum absolute atomic E-state index is 0.891. The quantitative estimate of drug-likeness (QED) is 0.200. The highest BCUT2D eigenvalue weighted by molar-refractivity contribution is 5.95. The molecule has 0 N–H and O–H groups in total. The predicted molar refractivity (Wildman–Crippen MR) is 198 cm³/mol. The minimum atomic E-state index is 0.891. The molecule has 6 aromatic rings. The van der Waals surface area contributed by atoms with E-state index in [1.165, 1.54) is 55.3 Å². The second-order valence-electron chi connectivity index (χ2n) is 10.8. The molecule has 2 aliphatic carbocycles. The van der Waals surface area contributed by atoms with E-state index in [1.54, 1.807) is 0 Å².